The first-order chi connectivity index (χ1) is 20.1. The molecule has 0 radical (unpaired) electrons. The van der Waals surface area contributed by atoms with Gasteiger partial charge in [0, 0.05) is 48.8 Å². The van der Waals surface area contributed by atoms with E-state index in [-0.39, 0.29) is 23.3 Å². The lowest BCUT2D eigenvalue weighted by Gasteiger charge is -2.33. The van der Waals surface area contributed by atoms with Crippen LogP contribution in [0.15, 0.2) is 67.4 Å². The molecule has 5 atom stereocenters. The van der Waals surface area contributed by atoms with Crippen molar-refractivity contribution in [1.82, 2.24) is 15.0 Å². The van der Waals surface area contributed by atoms with Crippen molar-refractivity contribution < 1.29 is 24.2 Å². The van der Waals surface area contributed by atoms with Gasteiger partial charge in [-0.05, 0) is 43.3 Å². The van der Waals surface area contributed by atoms with E-state index in [1.807, 2.05) is 68.5 Å². The van der Waals surface area contributed by atoms with Gasteiger partial charge in [0.05, 0.1) is 18.0 Å². The summed E-state index contributed by atoms with van der Waals surface area (Å²) in [5.41, 5.74) is 1.87. The second kappa shape index (κ2) is 10.6. The molecule has 2 aromatic carbocycles. The molecule has 3 aromatic rings. The van der Waals surface area contributed by atoms with Crippen molar-refractivity contribution in [3.63, 3.8) is 0 Å². The van der Waals surface area contributed by atoms with Gasteiger partial charge >= 0.3 is 0 Å². The summed E-state index contributed by atoms with van der Waals surface area (Å²) >= 11 is 0. The van der Waals surface area contributed by atoms with Gasteiger partial charge in [-0.15, -0.1) is 11.7 Å². The number of nitrogens with zero attached hydrogens (tertiary/aromatic N) is 5. The number of ether oxygens (including phenoxy) is 1. The molecule has 42 heavy (non-hydrogen) atoms. The van der Waals surface area contributed by atoms with Gasteiger partial charge < -0.3 is 24.4 Å². The van der Waals surface area contributed by atoms with Gasteiger partial charge in [-0.2, -0.15) is 0 Å². The molecule has 6 rings (SSSR count). The molecule has 0 saturated carbocycles. The minimum Gasteiger partial charge on any atom is -0.432 e. The van der Waals surface area contributed by atoms with Gasteiger partial charge in [0.15, 0.2) is 13.9 Å². The smallest absolute Gasteiger partial charge is 0.264 e. The zero-order chi connectivity index (χ0) is 29.8. The maximum atomic E-state index is 14.3. The van der Waals surface area contributed by atoms with Crippen LogP contribution in [0.3, 0.4) is 0 Å². The molecule has 1 spiro atoms. The third-order valence-corrected chi connectivity index (χ3v) is 11.5. The first kappa shape index (κ1) is 28.5. The Balaban J connectivity index is 1.31. The van der Waals surface area contributed by atoms with E-state index in [2.05, 4.69) is 16.9 Å². The summed E-state index contributed by atoms with van der Waals surface area (Å²) in [4.78, 5) is 41.5. The van der Waals surface area contributed by atoms with Crippen LogP contribution in [0.5, 0.6) is 0 Å². The highest BCUT2D eigenvalue weighted by atomic mass is 28.4. The van der Waals surface area contributed by atoms with Crippen molar-refractivity contribution in [3.8, 4) is 0 Å². The van der Waals surface area contributed by atoms with Crippen LogP contribution in [0.4, 0.5) is 11.4 Å². The highest BCUT2D eigenvalue weighted by Crippen LogP contribution is 2.60. The molecule has 2 N–H and O–H groups in total. The SMILES string of the molecule is C=CCN1C(=O)[C@@]2(O[C@@H](CCn3cc([C@H](O)c4ccccc4)nn3)[C@H]([Si](C)(C)O)[C@H]2C)c2cc(N3CCC3=O)ccc21. The third kappa shape index (κ3) is 4.51. The minimum atomic E-state index is -2.84. The standard InChI is InChI=1S/C31H37N5O5Si/c1-5-15-36-25-12-11-22(35-17-14-27(35)37)18-23(25)31(30(36)39)20(2)29(42(3,4)40)26(41-31)13-16-34-19-24(32-33-34)28(38)21-9-7-6-8-10-21/h5-12,18-20,26,28-29,38,40H,1,13-17H2,2-4H3/t20-,26+,28-,29-,31+/m1/s1. The summed E-state index contributed by atoms with van der Waals surface area (Å²) in [5, 5.41) is 19.2. The molecule has 3 aliphatic heterocycles. The molecule has 0 bridgehead atoms. The number of carbonyl (C=O) groups excluding carboxylic acids is 2. The van der Waals surface area contributed by atoms with E-state index >= 15 is 0 Å². The van der Waals surface area contributed by atoms with Gasteiger partial charge in [0.1, 0.15) is 11.8 Å². The zero-order valence-electron chi connectivity index (χ0n) is 24.2. The molecular weight excluding hydrogens is 550 g/mol. The van der Waals surface area contributed by atoms with Gasteiger partial charge in [-0.25, -0.2) is 0 Å². The van der Waals surface area contributed by atoms with Crippen LogP contribution in [-0.2, 0) is 26.5 Å². The van der Waals surface area contributed by atoms with Crippen LogP contribution in [0.2, 0.25) is 18.6 Å². The first-order valence-electron chi connectivity index (χ1n) is 14.5. The lowest BCUT2D eigenvalue weighted by atomic mass is 9.82. The Labute approximate surface area is 246 Å². The van der Waals surface area contributed by atoms with Crippen LogP contribution >= 0.6 is 0 Å². The highest BCUT2D eigenvalue weighted by molar-refractivity contribution is 6.71. The van der Waals surface area contributed by atoms with Crippen molar-refractivity contribution >= 4 is 31.5 Å². The van der Waals surface area contributed by atoms with E-state index < -0.39 is 26.1 Å². The number of aliphatic hydroxyl groups excluding tert-OH is 1. The van der Waals surface area contributed by atoms with Gasteiger partial charge in [0.2, 0.25) is 5.91 Å². The number of aliphatic hydroxyl groups is 1. The van der Waals surface area contributed by atoms with Gasteiger partial charge in [-0.3, -0.25) is 14.3 Å². The Kier molecular flexibility index (Phi) is 7.16. The Morgan fingerprint density at radius 1 is 1.21 bits per heavy atom. The third-order valence-electron chi connectivity index (χ3n) is 9.04. The van der Waals surface area contributed by atoms with Crippen molar-refractivity contribution in [1.29, 1.82) is 0 Å². The minimum absolute atomic E-state index is 0.0564. The molecule has 2 fully saturated rings. The van der Waals surface area contributed by atoms with Gasteiger partial charge in [0.25, 0.3) is 5.91 Å². The van der Waals surface area contributed by atoms with Crippen LogP contribution in [0, 0.1) is 5.92 Å². The molecule has 2 saturated heterocycles. The molecule has 4 heterocycles. The second-order valence-corrected chi connectivity index (χ2v) is 16.0. The van der Waals surface area contributed by atoms with Crippen molar-refractivity contribution in [2.24, 2.45) is 5.92 Å². The molecule has 1 aromatic heterocycles. The second-order valence-electron chi connectivity index (χ2n) is 12.1. The molecule has 0 unspecified atom stereocenters. The quantitative estimate of drug-likeness (QED) is 0.223. The average Bonchev–Trinajstić information content (AvgIpc) is 3.62. The molecule has 10 nitrogen and oxygen atoms in total. The lowest BCUT2D eigenvalue weighted by Crippen LogP contribution is -2.46. The molecule has 220 valence electrons. The number of amides is 2. The lowest BCUT2D eigenvalue weighted by molar-refractivity contribution is -0.145. The fraction of sp³-hybridized carbons (Fsp3) is 0.419. The van der Waals surface area contributed by atoms with Crippen LogP contribution in [0.1, 0.15) is 42.7 Å². The Bertz CT molecular complexity index is 1520. The van der Waals surface area contributed by atoms with Crippen LogP contribution in [-0.4, -0.2) is 64.2 Å². The summed E-state index contributed by atoms with van der Waals surface area (Å²) in [6.45, 7) is 11.0. The molecule has 2 amide bonds. The zero-order valence-corrected chi connectivity index (χ0v) is 25.2. The Hall–Kier alpha value is -3.64. The number of rotatable bonds is 9. The summed E-state index contributed by atoms with van der Waals surface area (Å²) in [5.74, 6) is -0.429. The van der Waals surface area contributed by atoms with Crippen LogP contribution < -0.4 is 9.80 Å². The Morgan fingerprint density at radius 2 is 1.98 bits per heavy atom. The number of anilines is 2. The largest absolute Gasteiger partial charge is 0.432 e. The number of β-lactam (4-membered cyclic amide) rings is 1. The molecule has 3 aliphatic rings. The summed E-state index contributed by atoms with van der Waals surface area (Å²) in [7, 11) is -2.84. The fourth-order valence-electron chi connectivity index (χ4n) is 7.02. The highest BCUT2D eigenvalue weighted by Gasteiger charge is 2.66. The summed E-state index contributed by atoms with van der Waals surface area (Å²) in [6, 6.07) is 15.0. The van der Waals surface area contributed by atoms with Crippen LogP contribution in [0.25, 0.3) is 0 Å². The predicted octanol–water partition coefficient (Wildman–Crippen LogP) is 3.52. The monoisotopic (exact) mass is 587 g/mol. The number of aromatic nitrogens is 3. The average molecular weight is 588 g/mol. The summed E-state index contributed by atoms with van der Waals surface area (Å²) < 4.78 is 8.54. The van der Waals surface area contributed by atoms with Crippen molar-refractivity contribution in [3.05, 3.63) is 84.2 Å². The number of benzene rings is 2. The maximum Gasteiger partial charge on any atom is 0.264 e. The van der Waals surface area contributed by atoms with Crippen molar-refractivity contribution in [2.45, 2.75) is 62.8 Å². The van der Waals surface area contributed by atoms with E-state index in [0.717, 1.165) is 22.5 Å². The number of aryl methyl sites for hydroxylation is 1. The summed E-state index contributed by atoms with van der Waals surface area (Å²) in [6.07, 6.45) is 3.11. The normalized spacial score (nSPS) is 26.1. The number of hydrogen-bond acceptors (Lipinski definition) is 7. The molecule has 0 aliphatic carbocycles. The van der Waals surface area contributed by atoms with E-state index in [4.69, 9.17) is 4.74 Å². The van der Waals surface area contributed by atoms with E-state index in [1.54, 1.807) is 26.8 Å². The fourth-order valence-corrected chi connectivity index (χ4v) is 9.62. The topological polar surface area (TPSA) is 121 Å². The maximum absolute atomic E-state index is 14.3. The first-order valence-corrected chi connectivity index (χ1v) is 17.5. The number of fused-ring (bicyclic) bond motifs is 2. The molecule has 11 heteroatoms. The Morgan fingerprint density at radius 3 is 2.62 bits per heavy atom. The number of carbonyl (C=O) groups is 2. The van der Waals surface area contributed by atoms with Gasteiger partial charge in [-0.1, -0.05) is 48.5 Å². The van der Waals surface area contributed by atoms with E-state index in [1.165, 1.54) is 0 Å². The van der Waals surface area contributed by atoms with Crippen molar-refractivity contribution in [2.75, 3.05) is 22.9 Å². The molecular formula is C31H37N5O5Si. The predicted molar refractivity (Wildman–Crippen MR) is 160 cm³/mol. The van der Waals surface area contributed by atoms with E-state index in [0.29, 0.717) is 38.2 Å². The number of hydrogen-bond donors (Lipinski definition) is 2. The van der Waals surface area contributed by atoms with E-state index in [9.17, 15) is 19.5 Å².